The van der Waals surface area contributed by atoms with Gasteiger partial charge in [-0.15, -0.1) is 0 Å². The molecular weight excluding hydrogens is 396 g/mol. The van der Waals surface area contributed by atoms with Crippen LogP contribution in [-0.2, 0) is 16.6 Å². The molecule has 0 spiro atoms. The molecule has 0 radical (unpaired) electrons. The molecule has 0 fully saturated rings. The third kappa shape index (κ3) is 4.00. The van der Waals surface area contributed by atoms with Gasteiger partial charge in [0.15, 0.2) is 6.10 Å². The number of carbonyl (C=O) groups is 2. The molecule has 0 saturated carbocycles. The Balaban J connectivity index is 1.79. The van der Waals surface area contributed by atoms with Crippen LogP contribution in [0.4, 0.5) is 14.5 Å². The molecule has 0 aliphatic heterocycles. The smallest absolute Gasteiger partial charge is 0.341 e. The Morgan fingerprint density at radius 2 is 1.77 bits per heavy atom. The lowest BCUT2D eigenvalue weighted by molar-refractivity contribution is -0.123. The van der Waals surface area contributed by atoms with E-state index in [0.29, 0.717) is 17.4 Å². The average molecular weight is 415 g/mol. The molecule has 3 aromatic rings. The number of para-hydroxylation sites is 1. The minimum absolute atomic E-state index is 0.0298. The van der Waals surface area contributed by atoms with Crippen molar-refractivity contribution in [1.82, 2.24) is 9.36 Å². The molecule has 156 valence electrons. The first-order chi connectivity index (χ1) is 14.2. The number of ether oxygens (including phenoxy) is 1. The van der Waals surface area contributed by atoms with E-state index in [1.54, 1.807) is 42.9 Å². The Morgan fingerprint density at radius 3 is 2.40 bits per heavy atom. The third-order valence-electron chi connectivity index (χ3n) is 4.61. The normalized spacial score (nSPS) is 11.8. The fraction of sp³-hybridized carbons (Fsp3) is 0.190. The second-order valence-electron chi connectivity index (χ2n) is 6.60. The Bertz CT molecular complexity index is 1170. The maximum absolute atomic E-state index is 13.7. The number of nitrogens with zero attached hydrogens (tertiary/aromatic N) is 2. The fourth-order valence-electron chi connectivity index (χ4n) is 2.87. The summed E-state index contributed by atoms with van der Waals surface area (Å²) in [5, 5.41) is 2.47. The first-order valence-corrected chi connectivity index (χ1v) is 9.01. The zero-order valence-electron chi connectivity index (χ0n) is 16.5. The SMILES string of the molecule is Cc1c(NC(=O)[C@@H](C)OC(=O)c2ccc(F)cc2F)c(=O)n(-c2ccccc2)n1C. The van der Waals surface area contributed by atoms with E-state index < -0.39 is 40.7 Å². The van der Waals surface area contributed by atoms with Crippen LogP contribution in [0.1, 0.15) is 23.0 Å². The van der Waals surface area contributed by atoms with E-state index >= 15 is 0 Å². The van der Waals surface area contributed by atoms with E-state index in [4.69, 9.17) is 4.74 Å². The molecule has 1 heterocycles. The van der Waals surface area contributed by atoms with Crippen LogP contribution in [0.5, 0.6) is 0 Å². The van der Waals surface area contributed by atoms with Crippen LogP contribution in [0.25, 0.3) is 5.69 Å². The largest absolute Gasteiger partial charge is 0.449 e. The summed E-state index contributed by atoms with van der Waals surface area (Å²) in [6.07, 6.45) is -1.33. The van der Waals surface area contributed by atoms with E-state index in [1.165, 1.54) is 11.6 Å². The van der Waals surface area contributed by atoms with Crippen molar-refractivity contribution in [2.24, 2.45) is 7.05 Å². The summed E-state index contributed by atoms with van der Waals surface area (Å²) in [6, 6.07) is 11.2. The van der Waals surface area contributed by atoms with Crippen molar-refractivity contribution in [3.05, 3.63) is 81.8 Å². The minimum Gasteiger partial charge on any atom is -0.449 e. The number of esters is 1. The number of amides is 1. The molecule has 0 aliphatic rings. The van der Waals surface area contributed by atoms with Crippen LogP contribution in [0.2, 0.25) is 0 Å². The van der Waals surface area contributed by atoms with Crippen molar-refractivity contribution in [3.8, 4) is 5.69 Å². The summed E-state index contributed by atoms with van der Waals surface area (Å²) in [5.74, 6) is -3.83. The number of halogens is 2. The Kier molecular flexibility index (Phi) is 5.81. The summed E-state index contributed by atoms with van der Waals surface area (Å²) in [6.45, 7) is 2.93. The van der Waals surface area contributed by atoms with Crippen molar-refractivity contribution in [2.45, 2.75) is 20.0 Å². The van der Waals surface area contributed by atoms with Crippen molar-refractivity contribution in [2.75, 3.05) is 5.32 Å². The van der Waals surface area contributed by atoms with Crippen LogP contribution in [0.15, 0.2) is 53.3 Å². The van der Waals surface area contributed by atoms with Gasteiger partial charge >= 0.3 is 5.97 Å². The standard InChI is InChI=1S/C21H19F2N3O4/c1-12-18(20(28)26(25(12)3)15-7-5-4-6-8-15)24-19(27)13(2)30-21(29)16-10-9-14(22)11-17(16)23/h4-11,13H,1-3H3,(H,24,27)/t13-/m1/s1. The van der Waals surface area contributed by atoms with Crippen LogP contribution in [0, 0.1) is 18.6 Å². The maximum Gasteiger partial charge on any atom is 0.341 e. The minimum atomic E-state index is -1.33. The van der Waals surface area contributed by atoms with Crippen molar-refractivity contribution in [3.63, 3.8) is 0 Å². The van der Waals surface area contributed by atoms with E-state index in [0.717, 1.165) is 12.1 Å². The van der Waals surface area contributed by atoms with Crippen molar-refractivity contribution in [1.29, 1.82) is 0 Å². The zero-order chi connectivity index (χ0) is 22.0. The molecule has 1 N–H and O–H groups in total. The van der Waals surface area contributed by atoms with E-state index in [1.807, 2.05) is 6.07 Å². The van der Waals surface area contributed by atoms with Gasteiger partial charge in [0.05, 0.1) is 16.9 Å². The molecule has 0 unspecified atom stereocenters. The fourth-order valence-corrected chi connectivity index (χ4v) is 2.87. The highest BCUT2D eigenvalue weighted by molar-refractivity contribution is 5.97. The number of hydrogen-bond acceptors (Lipinski definition) is 4. The number of anilines is 1. The topological polar surface area (TPSA) is 82.3 Å². The third-order valence-corrected chi connectivity index (χ3v) is 4.61. The molecule has 30 heavy (non-hydrogen) atoms. The predicted molar refractivity (Wildman–Crippen MR) is 106 cm³/mol. The lowest BCUT2D eigenvalue weighted by Gasteiger charge is -2.13. The van der Waals surface area contributed by atoms with E-state index in [9.17, 15) is 23.2 Å². The van der Waals surface area contributed by atoms with Crippen LogP contribution in [-0.4, -0.2) is 27.3 Å². The van der Waals surface area contributed by atoms with Gasteiger partial charge in [0.2, 0.25) is 0 Å². The van der Waals surface area contributed by atoms with Gasteiger partial charge in [0.1, 0.15) is 17.3 Å². The number of benzene rings is 2. The predicted octanol–water partition coefficient (Wildman–Crippen LogP) is 2.95. The first kappa shape index (κ1) is 21.0. The van der Waals surface area contributed by atoms with Gasteiger partial charge in [-0.05, 0) is 38.1 Å². The Labute approximate surface area is 170 Å². The molecule has 0 bridgehead atoms. The molecule has 1 amide bonds. The second-order valence-corrected chi connectivity index (χ2v) is 6.60. The second kappa shape index (κ2) is 8.32. The molecule has 0 saturated heterocycles. The number of nitrogens with one attached hydrogen (secondary N) is 1. The highest BCUT2D eigenvalue weighted by atomic mass is 19.1. The molecule has 9 heteroatoms. The van der Waals surface area contributed by atoms with E-state index in [2.05, 4.69) is 5.32 Å². The van der Waals surface area contributed by atoms with Gasteiger partial charge in [0, 0.05) is 13.1 Å². The molecule has 7 nitrogen and oxygen atoms in total. The summed E-state index contributed by atoms with van der Waals surface area (Å²) in [7, 11) is 1.67. The van der Waals surface area contributed by atoms with Crippen LogP contribution in [0.3, 0.4) is 0 Å². The van der Waals surface area contributed by atoms with Gasteiger partial charge < -0.3 is 10.1 Å². The Morgan fingerprint density at radius 1 is 1.10 bits per heavy atom. The summed E-state index contributed by atoms with van der Waals surface area (Å²) < 4.78 is 34.6. The zero-order valence-corrected chi connectivity index (χ0v) is 16.5. The summed E-state index contributed by atoms with van der Waals surface area (Å²) in [4.78, 5) is 37.4. The molecule has 3 rings (SSSR count). The van der Waals surface area contributed by atoms with Crippen LogP contribution < -0.4 is 10.9 Å². The van der Waals surface area contributed by atoms with Gasteiger partial charge in [-0.2, -0.15) is 0 Å². The highest BCUT2D eigenvalue weighted by Gasteiger charge is 2.24. The number of hydrogen-bond donors (Lipinski definition) is 1. The first-order valence-electron chi connectivity index (χ1n) is 9.01. The molecule has 1 aromatic heterocycles. The number of carbonyl (C=O) groups excluding carboxylic acids is 2. The lowest BCUT2D eigenvalue weighted by Crippen LogP contribution is -2.32. The van der Waals surface area contributed by atoms with Gasteiger partial charge in [-0.1, -0.05) is 18.2 Å². The lowest BCUT2D eigenvalue weighted by atomic mass is 10.2. The summed E-state index contributed by atoms with van der Waals surface area (Å²) in [5.41, 5.74) is 0.165. The molecular formula is C21H19F2N3O4. The van der Waals surface area contributed by atoms with Crippen molar-refractivity contribution < 1.29 is 23.1 Å². The maximum atomic E-state index is 13.7. The molecule has 2 aromatic carbocycles. The van der Waals surface area contributed by atoms with Gasteiger partial charge in [-0.3, -0.25) is 14.3 Å². The highest BCUT2D eigenvalue weighted by Crippen LogP contribution is 2.16. The molecule has 0 aliphatic carbocycles. The molecule has 1 atom stereocenters. The van der Waals surface area contributed by atoms with Gasteiger partial charge in [0.25, 0.3) is 11.5 Å². The monoisotopic (exact) mass is 415 g/mol. The van der Waals surface area contributed by atoms with Crippen LogP contribution >= 0.6 is 0 Å². The summed E-state index contributed by atoms with van der Waals surface area (Å²) >= 11 is 0. The van der Waals surface area contributed by atoms with E-state index in [-0.39, 0.29) is 5.69 Å². The average Bonchev–Trinajstić information content (AvgIpc) is 2.91. The number of aromatic nitrogens is 2. The van der Waals surface area contributed by atoms with Crippen molar-refractivity contribution >= 4 is 17.6 Å². The van der Waals surface area contributed by atoms with Gasteiger partial charge in [-0.25, -0.2) is 18.3 Å². The number of rotatable bonds is 5. The quantitative estimate of drug-likeness (QED) is 0.650. The Hall–Kier alpha value is -3.75.